The first-order valence-electron chi connectivity index (χ1n) is 10.7. The first-order chi connectivity index (χ1) is 14.3. The average Bonchev–Trinajstić information content (AvgIpc) is 3.27. The molecule has 0 aliphatic carbocycles. The van der Waals surface area contributed by atoms with Gasteiger partial charge in [0.05, 0.1) is 0 Å². The van der Waals surface area contributed by atoms with Gasteiger partial charge in [-0.25, -0.2) is 0 Å². The molecule has 4 nitrogen and oxygen atoms in total. The van der Waals surface area contributed by atoms with Crippen molar-refractivity contribution in [1.82, 2.24) is 10.2 Å². The topological polar surface area (TPSA) is 41.6 Å². The monoisotopic (exact) mass is 410 g/mol. The van der Waals surface area contributed by atoms with E-state index in [9.17, 15) is 4.79 Å². The molecule has 2 saturated heterocycles. The number of carbonyl (C=O) groups excluding carboxylic acids is 1. The van der Waals surface area contributed by atoms with Crippen LogP contribution in [0.25, 0.3) is 16.5 Å². The fraction of sp³-hybridized carbons (Fsp3) is 0.458. The standard InChI is InChI=1S/C24H30N2O2S/c27-23(12-10-21-9-11-22(29-21)20-7-3-1-4-8-20)25-19-24(13-17-28-18-14-24)26-15-5-2-6-16-26/h1,3-4,7-12H,2,5-6,13-19H2,(H,25,27)/b12-10+. The predicted octanol–water partition coefficient (Wildman–Crippen LogP) is 4.58. The number of benzene rings is 1. The van der Waals surface area contributed by atoms with Crippen LogP contribution in [0.1, 0.15) is 37.0 Å². The van der Waals surface area contributed by atoms with Gasteiger partial charge in [-0.3, -0.25) is 9.69 Å². The molecule has 0 saturated carbocycles. The Labute approximate surface area is 177 Å². The summed E-state index contributed by atoms with van der Waals surface area (Å²) in [4.78, 5) is 17.4. The second-order valence-corrected chi connectivity index (χ2v) is 9.12. The lowest BCUT2D eigenvalue weighted by molar-refractivity contribution is -0.118. The molecular weight excluding hydrogens is 380 g/mol. The fourth-order valence-corrected chi connectivity index (χ4v) is 5.31. The Morgan fingerprint density at radius 3 is 2.59 bits per heavy atom. The molecule has 2 aromatic rings. The van der Waals surface area contributed by atoms with Gasteiger partial charge in [0.15, 0.2) is 0 Å². The zero-order valence-electron chi connectivity index (χ0n) is 16.9. The quantitative estimate of drug-likeness (QED) is 0.709. The Morgan fingerprint density at radius 2 is 1.83 bits per heavy atom. The Balaban J connectivity index is 1.35. The molecule has 4 rings (SSSR count). The Bertz CT molecular complexity index is 818. The van der Waals surface area contributed by atoms with E-state index in [4.69, 9.17) is 4.74 Å². The van der Waals surface area contributed by atoms with Crippen LogP contribution in [-0.2, 0) is 9.53 Å². The number of hydrogen-bond acceptors (Lipinski definition) is 4. The highest BCUT2D eigenvalue weighted by Crippen LogP contribution is 2.31. The molecule has 1 N–H and O–H groups in total. The van der Waals surface area contributed by atoms with E-state index in [0.29, 0.717) is 6.54 Å². The Morgan fingerprint density at radius 1 is 1.07 bits per heavy atom. The third-order valence-corrected chi connectivity index (χ3v) is 7.23. The van der Waals surface area contributed by atoms with Gasteiger partial charge < -0.3 is 10.1 Å². The molecule has 0 spiro atoms. The molecule has 2 aliphatic rings. The molecule has 5 heteroatoms. The summed E-state index contributed by atoms with van der Waals surface area (Å²) in [6, 6.07) is 14.5. The minimum Gasteiger partial charge on any atom is -0.381 e. The number of hydrogen-bond donors (Lipinski definition) is 1. The van der Waals surface area contributed by atoms with Gasteiger partial charge in [-0.15, -0.1) is 11.3 Å². The second kappa shape index (κ2) is 9.70. The third-order valence-electron chi connectivity index (χ3n) is 6.13. The summed E-state index contributed by atoms with van der Waals surface area (Å²) >= 11 is 1.70. The van der Waals surface area contributed by atoms with Gasteiger partial charge >= 0.3 is 0 Å². The summed E-state index contributed by atoms with van der Waals surface area (Å²) in [7, 11) is 0. The van der Waals surface area contributed by atoms with Crippen molar-refractivity contribution < 1.29 is 9.53 Å². The van der Waals surface area contributed by atoms with E-state index in [-0.39, 0.29) is 11.4 Å². The summed E-state index contributed by atoms with van der Waals surface area (Å²) in [6.45, 7) is 4.57. The number of nitrogens with one attached hydrogen (secondary N) is 1. The number of nitrogens with zero attached hydrogens (tertiary/aromatic N) is 1. The van der Waals surface area contributed by atoms with E-state index in [0.717, 1.165) is 44.0 Å². The highest BCUT2D eigenvalue weighted by molar-refractivity contribution is 7.16. The van der Waals surface area contributed by atoms with Crippen LogP contribution in [0.5, 0.6) is 0 Å². The maximum atomic E-state index is 12.5. The Hall–Kier alpha value is -1.95. The van der Waals surface area contributed by atoms with Crippen LogP contribution < -0.4 is 5.32 Å². The van der Waals surface area contributed by atoms with E-state index in [1.54, 1.807) is 17.4 Å². The maximum absolute atomic E-state index is 12.5. The second-order valence-electron chi connectivity index (χ2n) is 8.00. The summed E-state index contributed by atoms with van der Waals surface area (Å²) in [5.41, 5.74) is 1.27. The SMILES string of the molecule is O=C(/C=C/c1ccc(-c2ccccc2)s1)NCC1(N2CCCCC2)CCOCC1. The molecule has 0 unspecified atom stereocenters. The van der Waals surface area contributed by atoms with E-state index < -0.39 is 0 Å². The van der Waals surface area contributed by atoms with Crippen molar-refractivity contribution in [3.63, 3.8) is 0 Å². The van der Waals surface area contributed by atoms with Crippen molar-refractivity contribution in [2.75, 3.05) is 32.8 Å². The molecular formula is C24H30N2O2S. The minimum atomic E-state index is -0.0115. The summed E-state index contributed by atoms with van der Waals surface area (Å²) in [5, 5.41) is 3.18. The van der Waals surface area contributed by atoms with Crippen molar-refractivity contribution in [2.45, 2.75) is 37.6 Å². The summed E-state index contributed by atoms with van der Waals surface area (Å²) in [6.07, 6.45) is 9.44. The number of likely N-dealkylation sites (tertiary alicyclic amines) is 1. The molecule has 2 fully saturated rings. The number of carbonyl (C=O) groups is 1. The van der Waals surface area contributed by atoms with Crippen LogP contribution in [0.15, 0.2) is 48.5 Å². The van der Waals surface area contributed by atoms with Crippen LogP contribution in [0.3, 0.4) is 0 Å². The zero-order valence-corrected chi connectivity index (χ0v) is 17.8. The molecule has 2 aliphatic heterocycles. The summed E-state index contributed by atoms with van der Waals surface area (Å²) in [5.74, 6) is -0.0115. The predicted molar refractivity (Wildman–Crippen MR) is 120 cm³/mol. The lowest BCUT2D eigenvalue weighted by Gasteiger charge is -2.48. The van der Waals surface area contributed by atoms with Crippen LogP contribution in [0.2, 0.25) is 0 Å². The van der Waals surface area contributed by atoms with E-state index in [2.05, 4.69) is 34.5 Å². The minimum absolute atomic E-state index is 0.0115. The lowest BCUT2D eigenvalue weighted by atomic mass is 9.86. The van der Waals surface area contributed by atoms with Crippen molar-refractivity contribution in [3.05, 3.63) is 53.4 Å². The fourth-order valence-electron chi connectivity index (χ4n) is 4.39. The van der Waals surface area contributed by atoms with E-state index >= 15 is 0 Å². The van der Waals surface area contributed by atoms with Gasteiger partial charge in [0, 0.05) is 41.1 Å². The van der Waals surface area contributed by atoms with E-state index in [1.807, 2.05) is 24.3 Å². The van der Waals surface area contributed by atoms with Crippen LogP contribution in [0.4, 0.5) is 0 Å². The van der Waals surface area contributed by atoms with Crippen molar-refractivity contribution in [1.29, 1.82) is 0 Å². The van der Waals surface area contributed by atoms with Gasteiger partial charge in [0.25, 0.3) is 0 Å². The van der Waals surface area contributed by atoms with E-state index in [1.165, 1.54) is 29.7 Å². The van der Waals surface area contributed by atoms with Crippen molar-refractivity contribution in [3.8, 4) is 10.4 Å². The molecule has 1 amide bonds. The highest BCUT2D eigenvalue weighted by atomic mass is 32.1. The Kier molecular flexibility index (Phi) is 6.80. The van der Waals surface area contributed by atoms with Crippen molar-refractivity contribution >= 4 is 23.3 Å². The molecule has 154 valence electrons. The van der Waals surface area contributed by atoms with Gasteiger partial charge in [0.2, 0.25) is 5.91 Å². The first kappa shape index (κ1) is 20.3. The average molecular weight is 411 g/mol. The molecule has 1 aromatic carbocycles. The van der Waals surface area contributed by atoms with Gasteiger partial charge in [-0.1, -0.05) is 36.8 Å². The normalized spacial score (nSPS) is 20.0. The number of ether oxygens (including phenoxy) is 1. The molecule has 1 aromatic heterocycles. The van der Waals surface area contributed by atoms with Crippen molar-refractivity contribution in [2.24, 2.45) is 0 Å². The summed E-state index contributed by atoms with van der Waals surface area (Å²) < 4.78 is 5.61. The van der Waals surface area contributed by atoms with Gasteiger partial charge in [0.1, 0.15) is 0 Å². The molecule has 0 radical (unpaired) electrons. The molecule has 0 bridgehead atoms. The van der Waals surface area contributed by atoms with Gasteiger partial charge in [-0.2, -0.15) is 0 Å². The number of amides is 1. The molecule has 3 heterocycles. The van der Waals surface area contributed by atoms with Gasteiger partial charge in [-0.05, 0) is 62.5 Å². The number of piperidine rings is 1. The highest BCUT2D eigenvalue weighted by Gasteiger charge is 2.38. The smallest absolute Gasteiger partial charge is 0.244 e. The maximum Gasteiger partial charge on any atom is 0.244 e. The number of rotatable bonds is 6. The molecule has 29 heavy (non-hydrogen) atoms. The van der Waals surface area contributed by atoms with Crippen LogP contribution in [-0.4, -0.2) is 49.2 Å². The largest absolute Gasteiger partial charge is 0.381 e. The molecule has 0 atom stereocenters. The lowest BCUT2D eigenvalue weighted by Crippen LogP contribution is -2.59. The van der Waals surface area contributed by atoms with Crippen LogP contribution >= 0.6 is 11.3 Å². The first-order valence-corrected chi connectivity index (χ1v) is 11.5. The van der Waals surface area contributed by atoms with Crippen LogP contribution in [0, 0.1) is 0 Å². The third kappa shape index (κ3) is 5.16. The zero-order chi connectivity index (χ0) is 19.9. The number of thiophene rings is 1.